The first kappa shape index (κ1) is 19.1. The molecule has 1 saturated carbocycles. The van der Waals surface area contributed by atoms with Crippen molar-refractivity contribution in [3.05, 3.63) is 59.2 Å². The van der Waals surface area contributed by atoms with Gasteiger partial charge in [0.15, 0.2) is 11.6 Å². The molecule has 0 amide bonds. The lowest BCUT2D eigenvalue weighted by Crippen LogP contribution is -2.20. The molecule has 8 heteroatoms. The number of sulfonamides is 1. The van der Waals surface area contributed by atoms with E-state index in [1.807, 2.05) is 12.1 Å². The van der Waals surface area contributed by atoms with Gasteiger partial charge in [-0.2, -0.15) is 0 Å². The summed E-state index contributed by atoms with van der Waals surface area (Å²) in [5.74, 6) is 1.02. The minimum Gasteiger partial charge on any atom is -0.495 e. The number of nitrogens with one attached hydrogen (secondary N) is 1. The van der Waals surface area contributed by atoms with Crippen LogP contribution < -0.4 is 9.46 Å². The summed E-state index contributed by atoms with van der Waals surface area (Å²) in [6, 6.07) is 12.3. The second kappa shape index (κ2) is 6.58. The molecule has 0 saturated heterocycles. The van der Waals surface area contributed by atoms with E-state index in [-0.39, 0.29) is 21.9 Å². The zero-order valence-corrected chi connectivity index (χ0v) is 17.5. The fraction of sp³-hybridized carbons (Fsp3) is 0.318. The van der Waals surface area contributed by atoms with Gasteiger partial charge in [-0.3, -0.25) is 4.72 Å². The third-order valence-corrected chi connectivity index (χ3v) is 7.47. The standard InChI is InChI=1S/C22H22N2O5S/c1-13(25)14-7-8-17-15(11-14)20-16(12-22(17)9-10-22)21(23-29-20)24-30(26,27)19-6-4-3-5-18(19)28-2/h3-8,11,13,25H,9-10,12H2,1-2H3,(H,23,24)/t13-/m1/s1. The predicted octanol–water partition coefficient (Wildman–Crippen LogP) is 3.79. The molecule has 156 valence electrons. The van der Waals surface area contributed by atoms with Crippen molar-refractivity contribution in [2.75, 3.05) is 11.8 Å². The van der Waals surface area contributed by atoms with Crippen molar-refractivity contribution in [2.45, 2.75) is 42.6 Å². The number of para-hydroxylation sites is 1. The molecule has 30 heavy (non-hydrogen) atoms. The first-order valence-corrected chi connectivity index (χ1v) is 11.3. The van der Waals surface area contributed by atoms with Gasteiger partial charge in [-0.05, 0) is 55.5 Å². The van der Waals surface area contributed by atoms with Gasteiger partial charge in [-0.1, -0.05) is 29.4 Å². The molecule has 1 aromatic heterocycles. The van der Waals surface area contributed by atoms with E-state index in [9.17, 15) is 13.5 Å². The van der Waals surface area contributed by atoms with E-state index in [1.54, 1.807) is 25.1 Å². The first-order valence-electron chi connectivity index (χ1n) is 9.82. The molecule has 0 bridgehead atoms. The molecule has 7 nitrogen and oxygen atoms in total. The molecule has 2 aromatic carbocycles. The average molecular weight is 426 g/mol. The third kappa shape index (κ3) is 2.90. The highest BCUT2D eigenvalue weighted by Crippen LogP contribution is 2.58. The molecular formula is C22H22N2O5S. The number of aliphatic hydroxyl groups excluding tert-OH is 1. The van der Waals surface area contributed by atoms with Crippen LogP contribution in [0.25, 0.3) is 11.3 Å². The number of fused-ring (bicyclic) bond motifs is 4. The van der Waals surface area contributed by atoms with Crippen LogP contribution in [0.1, 0.15) is 42.6 Å². The van der Waals surface area contributed by atoms with Crippen LogP contribution in [0, 0.1) is 0 Å². The van der Waals surface area contributed by atoms with Crippen LogP contribution in [0.5, 0.6) is 5.75 Å². The lowest BCUT2D eigenvalue weighted by molar-refractivity contribution is 0.199. The quantitative estimate of drug-likeness (QED) is 0.644. The molecule has 0 radical (unpaired) electrons. The van der Waals surface area contributed by atoms with Crippen molar-refractivity contribution in [1.82, 2.24) is 5.16 Å². The fourth-order valence-electron chi connectivity index (χ4n) is 4.29. The summed E-state index contributed by atoms with van der Waals surface area (Å²) in [6.45, 7) is 1.71. The van der Waals surface area contributed by atoms with Crippen molar-refractivity contribution in [3.63, 3.8) is 0 Å². The Bertz CT molecular complexity index is 1240. The van der Waals surface area contributed by atoms with Gasteiger partial charge >= 0.3 is 0 Å². The van der Waals surface area contributed by atoms with Crippen LogP contribution in [0.15, 0.2) is 51.9 Å². The fourth-order valence-corrected chi connectivity index (χ4v) is 5.49. The Balaban J connectivity index is 1.58. The lowest BCUT2D eigenvalue weighted by atomic mass is 9.78. The smallest absolute Gasteiger partial charge is 0.266 e. The Labute approximate surface area is 174 Å². The number of aliphatic hydroxyl groups is 1. The van der Waals surface area contributed by atoms with Crippen molar-refractivity contribution in [3.8, 4) is 17.1 Å². The van der Waals surface area contributed by atoms with Crippen molar-refractivity contribution in [1.29, 1.82) is 0 Å². The van der Waals surface area contributed by atoms with E-state index in [2.05, 4.69) is 15.9 Å². The number of ether oxygens (including phenoxy) is 1. The zero-order chi connectivity index (χ0) is 21.1. The Morgan fingerprint density at radius 3 is 2.70 bits per heavy atom. The maximum absolute atomic E-state index is 13.0. The summed E-state index contributed by atoms with van der Waals surface area (Å²) < 4.78 is 39.5. The molecule has 1 atom stereocenters. The minimum absolute atomic E-state index is 0.0181. The molecule has 0 aliphatic heterocycles. The van der Waals surface area contributed by atoms with Crippen LogP contribution in [-0.2, 0) is 21.9 Å². The normalized spacial score (nSPS) is 17.2. The maximum atomic E-state index is 13.0. The second-order valence-electron chi connectivity index (χ2n) is 8.03. The van der Waals surface area contributed by atoms with Gasteiger partial charge in [0.05, 0.1) is 13.2 Å². The largest absolute Gasteiger partial charge is 0.495 e. The summed E-state index contributed by atoms with van der Waals surface area (Å²) in [4.78, 5) is 0.0398. The van der Waals surface area contributed by atoms with Crippen LogP contribution in [0.4, 0.5) is 5.82 Å². The molecule has 5 rings (SSSR count). The van der Waals surface area contributed by atoms with E-state index in [0.29, 0.717) is 12.2 Å². The summed E-state index contributed by atoms with van der Waals surface area (Å²) in [5.41, 5.74) is 3.57. The third-order valence-electron chi connectivity index (χ3n) is 6.09. The first-order chi connectivity index (χ1) is 14.3. The van der Waals surface area contributed by atoms with Gasteiger partial charge in [0.25, 0.3) is 10.0 Å². The number of rotatable bonds is 5. The molecule has 2 aliphatic rings. The van der Waals surface area contributed by atoms with Crippen LogP contribution in [0.3, 0.4) is 0 Å². The number of nitrogens with zero attached hydrogens (tertiary/aromatic N) is 1. The van der Waals surface area contributed by atoms with Gasteiger partial charge in [-0.25, -0.2) is 8.42 Å². The summed E-state index contributed by atoms with van der Waals surface area (Å²) in [6.07, 6.45) is 2.10. The number of aromatic nitrogens is 1. The summed E-state index contributed by atoms with van der Waals surface area (Å²) >= 11 is 0. The van der Waals surface area contributed by atoms with Gasteiger partial charge in [0.1, 0.15) is 10.6 Å². The molecule has 3 aromatic rings. The van der Waals surface area contributed by atoms with Crippen molar-refractivity contribution < 1.29 is 22.8 Å². The Hall–Kier alpha value is -2.84. The van der Waals surface area contributed by atoms with Gasteiger partial charge in [-0.15, -0.1) is 0 Å². The molecule has 1 spiro atoms. The number of hydrogen-bond donors (Lipinski definition) is 2. The summed E-state index contributed by atoms with van der Waals surface area (Å²) in [7, 11) is -2.48. The van der Waals surface area contributed by atoms with E-state index >= 15 is 0 Å². The zero-order valence-electron chi connectivity index (χ0n) is 16.7. The number of benzene rings is 2. The topological polar surface area (TPSA) is 102 Å². The van der Waals surface area contributed by atoms with E-state index in [0.717, 1.165) is 29.5 Å². The molecular weight excluding hydrogens is 404 g/mol. The Kier molecular flexibility index (Phi) is 4.20. The molecule has 1 fully saturated rings. The molecule has 0 unspecified atom stereocenters. The highest BCUT2D eigenvalue weighted by molar-refractivity contribution is 7.92. The van der Waals surface area contributed by atoms with Crippen molar-refractivity contribution >= 4 is 15.8 Å². The molecule has 2 N–H and O–H groups in total. The Morgan fingerprint density at radius 1 is 1.23 bits per heavy atom. The number of methoxy groups -OCH3 is 1. The predicted molar refractivity (Wildman–Crippen MR) is 111 cm³/mol. The maximum Gasteiger partial charge on any atom is 0.266 e. The number of anilines is 1. The molecule has 1 heterocycles. The lowest BCUT2D eigenvalue weighted by Gasteiger charge is -2.25. The van der Waals surface area contributed by atoms with Gasteiger partial charge in [0, 0.05) is 16.5 Å². The Morgan fingerprint density at radius 2 is 2.00 bits per heavy atom. The van der Waals surface area contributed by atoms with E-state index < -0.39 is 16.1 Å². The van der Waals surface area contributed by atoms with Gasteiger partial charge < -0.3 is 14.4 Å². The number of hydrogen-bond acceptors (Lipinski definition) is 6. The highest BCUT2D eigenvalue weighted by Gasteiger charge is 2.50. The second-order valence-corrected chi connectivity index (χ2v) is 9.68. The monoisotopic (exact) mass is 426 g/mol. The van der Waals surface area contributed by atoms with Crippen LogP contribution in [-0.4, -0.2) is 25.8 Å². The van der Waals surface area contributed by atoms with Gasteiger partial charge in [0.2, 0.25) is 0 Å². The van der Waals surface area contributed by atoms with Crippen LogP contribution in [0.2, 0.25) is 0 Å². The SMILES string of the molecule is COc1ccccc1S(=O)(=O)Nc1noc2c1CC1(CC1)c1ccc([C@@H](C)O)cc1-2. The van der Waals surface area contributed by atoms with Crippen LogP contribution >= 0.6 is 0 Å². The minimum atomic E-state index is -3.91. The molecule has 2 aliphatic carbocycles. The highest BCUT2D eigenvalue weighted by atomic mass is 32.2. The van der Waals surface area contributed by atoms with E-state index in [1.165, 1.54) is 18.7 Å². The average Bonchev–Trinajstić information content (AvgIpc) is 3.41. The summed E-state index contributed by atoms with van der Waals surface area (Å²) in [5, 5.41) is 14.1. The van der Waals surface area contributed by atoms with E-state index in [4.69, 9.17) is 9.26 Å². The van der Waals surface area contributed by atoms with Crippen molar-refractivity contribution in [2.24, 2.45) is 0 Å².